The highest BCUT2D eigenvalue weighted by atomic mass is 35.5. The summed E-state index contributed by atoms with van der Waals surface area (Å²) in [6.45, 7) is 4.66. The van der Waals surface area contributed by atoms with E-state index in [1.165, 1.54) is 4.88 Å². The molecule has 0 bridgehead atoms. The molecule has 0 N–H and O–H groups in total. The minimum absolute atomic E-state index is 0.0387. The average molecular weight is 516 g/mol. The van der Waals surface area contributed by atoms with Crippen molar-refractivity contribution in [2.45, 2.75) is 45.2 Å². The van der Waals surface area contributed by atoms with E-state index in [1.807, 2.05) is 55.1 Å². The predicted octanol–water partition coefficient (Wildman–Crippen LogP) is 6.40. The summed E-state index contributed by atoms with van der Waals surface area (Å²) in [5, 5.41) is 3.15. The second kappa shape index (κ2) is 10.9. The third-order valence-electron chi connectivity index (χ3n) is 6.49. The van der Waals surface area contributed by atoms with Crippen molar-refractivity contribution in [3.63, 3.8) is 0 Å². The summed E-state index contributed by atoms with van der Waals surface area (Å²) in [5.74, 6) is -0.113. The van der Waals surface area contributed by atoms with Gasteiger partial charge in [-0.05, 0) is 60.0 Å². The van der Waals surface area contributed by atoms with Crippen molar-refractivity contribution in [3.05, 3.63) is 91.6 Å². The molecule has 4 rings (SSSR count). The second-order valence-corrected chi connectivity index (χ2v) is 10.5. The van der Waals surface area contributed by atoms with Gasteiger partial charge in [0.25, 0.3) is 0 Å². The van der Waals surface area contributed by atoms with Crippen LogP contribution in [-0.4, -0.2) is 40.7 Å². The summed E-state index contributed by atoms with van der Waals surface area (Å²) in [4.78, 5) is 31.9. The van der Waals surface area contributed by atoms with Gasteiger partial charge in [0.1, 0.15) is 6.54 Å². The number of nitrogens with zero attached hydrogens (tertiary/aromatic N) is 2. The van der Waals surface area contributed by atoms with Crippen LogP contribution in [0.15, 0.2) is 60.0 Å². The molecule has 2 aromatic carbocycles. The van der Waals surface area contributed by atoms with Crippen molar-refractivity contribution in [3.8, 4) is 0 Å². The Morgan fingerprint density at radius 1 is 1.12 bits per heavy atom. The first-order chi connectivity index (χ1) is 16.4. The summed E-state index contributed by atoms with van der Waals surface area (Å²) in [5.41, 5.74) is 2.89. The lowest BCUT2D eigenvalue weighted by molar-refractivity contribution is -0.143. The van der Waals surface area contributed by atoms with Crippen molar-refractivity contribution in [2.75, 3.05) is 13.1 Å². The summed E-state index contributed by atoms with van der Waals surface area (Å²) >= 11 is 14.5. The zero-order valence-corrected chi connectivity index (χ0v) is 21.7. The maximum Gasteiger partial charge on any atom is 0.243 e. The van der Waals surface area contributed by atoms with Gasteiger partial charge >= 0.3 is 0 Å². The van der Waals surface area contributed by atoms with E-state index in [0.29, 0.717) is 16.6 Å². The molecule has 2 amide bonds. The third kappa shape index (κ3) is 5.32. The van der Waals surface area contributed by atoms with Gasteiger partial charge in [-0.3, -0.25) is 9.59 Å². The Morgan fingerprint density at radius 3 is 2.59 bits per heavy atom. The first-order valence-electron chi connectivity index (χ1n) is 11.5. The maximum atomic E-state index is 13.7. The molecule has 2 unspecified atom stereocenters. The number of amides is 2. The molecule has 0 saturated carbocycles. The summed E-state index contributed by atoms with van der Waals surface area (Å²) in [6.07, 6.45) is 1.84. The number of rotatable bonds is 7. The highest BCUT2D eigenvalue weighted by molar-refractivity contribution is 7.10. The zero-order valence-electron chi connectivity index (χ0n) is 19.3. The lowest BCUT2D eigenvalue weighted by Crippen LogP contribution is -2.49. The van der Waals surface area contributed by atoms with E-state index in [-0.39, 0.29) is 36.9 Å². The Morgan fingerprint density at radius 2 is 1.88 bits per heavy atom. The molecular formula is C27H28Cl2N2O2S. The molecule has 34 heavy (non-hydrogen) atoms. The van der Waals surface area contributed by atoms with Crippen LogP contribution in [0.5, 0.6) is 0 Å². The molecule has 1 aliphatic rings. The minimum atomic E-state index is -0.296. The molecule has 0 spiro atoms. The topological polar surface area (TPSA) is 40.6 Å². The number of carbonyl (C=O) groups excluding carboxylic acids is 2. The Kier molecular flexibility index (Phi) is 7.97. The van der Waals surface area contributed by atoms with Crippen LogP contribution < -0.4 is 0 Å². The number of thiophene rings is 1. The molecule has 1 aliphatic heterocycles. The summed E-state index contributed by atoms with van der Waals surface area (Å²) in [7, 11) is 0. The number of carbonyl (C=O) groups is 2. The van der Waals surface area contributed by atoms with E-state index in [0.717, 1.165) is 29.5 Å². The van der Waals surface area contributed by atoms with Gasteiger partial charge in [-0.15, -0.1) is 11.3 Å². The van der Waals surface area contributed by atoms with Gasteiger partial charge in [0.15, 0.2) is 0 Å². The molecule has 0 saturated heterocycles. The largest absolute Gasteiger partial charge is 0.330 e. The fourth-order valence-electron chi connectivity index (χ4n) is 4.46. The lowest BCUT2D eigenvalue weighted by Gasteiger charge is -2.39. The van der Waals surface area contributed by atoms with E-state index >= 15 is 0 Å². The van der Waals surface area contributed by atoms with Crippen LogP contribution in [0.3, 0.4) is 0 Å². The Labute approximate surface area is 215 Å². The first kappa shape index (κ1) is 24.8. The fraction of sp³-hybridized carbons (Fsp3) is 0.333. The van der Waals surface area contributed by atoms with Crippen LogP contribution in [0.25, 0.3) is 0 Å². The first-order valence-corrected chi connectivity index (χ1v) is 13.2. The standard InChI is InChI=1S/C27H28Cl2N2O2S/c1-3-18(2)31(25(32)15-19-7-5-4-6-8-19)17-26(33)30-13-11-24-22(12-14-34-24)27(30)21-10-9-20(28)16-23(21)29/h4-10,12,14,16,18,27H,3,11,13,15,17H2,1-2H3. The number of hydrogen-bond acceptors (Lipinski definition) is 3. The van der Waals surface area contributed by atoms with E-state index in [4.69, 9.17) is 23.2 Å². The molecule has 1 aromatic heterocycles. The predicted molar refractivity (Wildman–Crippen MR) is 140 cm³/mol. The van der Waals surface area contributed by atoms with Crippen molar-refractivity contribution in [2.24, 2.45) is 0 Å². The molecule has 7 heteroatoms. The van der Waals surface area contributed by atoms with E-state index < -0.39 is 0 Å². The Hall–Kier alpha value is -2.34. The van der Waals surface area contributed by atoms with Crippen molar-refractivity contribution in [1.82, 2.24) is 9.80 Å². The number of hydrogen-bond donors (Lipinski definition) is 0. The van der Waals surface area contributed by atoms with Crippen molar-refractivity contribution >= 4 is 46.4 Å². The van der Waals surface area contributed by atoms with E-state index in [2.05, 4.69) is 11.4 Å². The minimum Gasteiger partial charge on any atom is -0.330 e. The van der Waals surface area contributed by atoms with Gasteiger partial charge in [-0.25, -0.2) is 0 Å². The monoisotopic (exact) mass is 514 g/mol. The average Bonchev–Trinajstić information content (AvgIpc) is 3.31. The van der Waals surface area contributed by atoms with Gasteiger partial charge in [0.05, 0.1) is 12.5 Å². The SMILES string of the molecule is CCC(C)N(CC(=O)N1CCc2sccc2C1c1ccc(Cl)cc1Cl)C(=O)Cc1ccccc1. The van der Waals surface area contributed by atoms with Gasteiger partial charge in [-0.2, -0.15) is 0 Å². The molecule has 2 atom stereocenters. The third-order valence-corrected chi connectivity index (χ3v) is 8.05. The molecule has 0 fully saturated rings. The van der Waals surface area contributed by atoms with E-state index in [1.54, 1.807) is 28.4 Å². The lowest BCUT2D eigenvalue weighted by atomic mass is 9.93. The number of fused-ring (bicyclic) bond motifs is 1. The van der Waals surface area contributed by atoms with Gasteiger partial charge in [0.2, 0.25) is 11.8 Å². The molecule has 2 heterocycles. The fourth-order valence-corrected chi connectivity index (χ4v) is 5.88. The normalized spacial score (nSPS) is 16.1. The van der Waals surface area contributed by atoms with Gasteiger partial charge in [-0.1, -0.05) is 66.5 Å². The summed E-state index contributed by atoms with van der Waals surface area (Å²) < 4.78 is 0. The van der Waals surface area contributed by atoms with Crippen LogP contribution in [0, 0.1) is 0 Å². The van der Waals surface area contributed by atoms with Crippen LogP contribution in [0.2, 0.25) is 10.0 Å². The molecule has 178 valence electrons. The van der Waals surface area contributed by atoms with Crippen LogP contribution >= 0.6 is 34.5 Å². The highest BCUT2D eigenvalue weighted by Crippen LogP contribution is 2.41. The maximum absolute atomic E-state index is 13.7. The summed E-state index contributed by atoms with van der Waals surface area (Å²) in [6, 6.07) is 16.8. The molecule has 4 nitrogen and oxygen atoms in total. The van der Waals surface area contributed by atoms with Crippen LogP contribution in [0.1, 0.15) is 47.9 Å². The highest BCUT2D eigenvalue weighted by Gasteiger charge is 2.35. The molecular weight excluding hydrogens is 487 g/mol. The Balaban J connectivity index is 1.61. The van der Waals surface area contributed by atoms with Gasteiger partial charge < -0.3 is 9.80 Å². The quantitative estimate of drug-likeness (QED) is 0.366. The Bertz CT molecular complexity index is 1160. The molecule has 0 aliphatic carbocycles. The van der Waals surface area contributed by atoms with Crippen LogP contribution in [-0.2, 0) is 22.4 Å². The van der Waals surface area contributed by atoms with Crippen molar-refractivity contribution in [1.29, 1.82) is 0 Å². The smallest absolute Gasteiger partial charge is 0.243 e. The van der Waals surface area contributed by atoms with Crippen LogP contribution in [0.4, 0.5) is 0 Å². The van der Waals surface area contributed by atoms with Crippen molar-refractivity contribution < 1.29 is 9.59 Å². The number of benzene rings is 2. The molecule has 3 aromatic rings. The second-order valence-electron chi connectivity index (χ2n) is 8.65. The molecule has 0 radical (unpaired) electrons. The number of halogens is 2. The zero-order chi connectivity index (χ0) is 24.2. The van der Waals surface area contributed by atoms with E-state index in [9.17, 15) is 9.59 Å². The van der Waals surface area contributed by atoms with Gasteiger partial charge in [0, 0.05) is 27.5 Å².